The molecule has 0 saturated heterocycles. The third-order valence-electron chi connectivity index (χ3n) is 0.494. The number of hydrazine groups is 1. The minimum absolute atomic E-state index is 0.662. The molecule has 3 nitrogen and oxygen atoms in total. The van der Waals surface area contributed by atoms with Gasteiger partial charge in [0.15, 0.2) is 0 Å². The predicted octanol–water partition coefficient (Wildman–Crippen LogP) is 1.04. The molecule has 0 heterocycles. The number of hydrogen-bond donors (Lipinski definition) is 2. The molecule has 0 aromatic rings. The summed E-state index contributed by atoms with van der Waals surface area (Å²) in [6.07, 6.45) is 1.43. The van der Waals surface area contributed by atoms with Crippen LogP contribution < -0.4 is 11.3 Å². The van der Waals surface area contributed by atoms with Gasteiger partial charge in [-0.15, -0.1) is 0 Å². The van der Waals surface area contributed by atoms with Gasteiger partial charge in [0.05, 0.1) is 0 Å². The summed E-state index contributed by atoms with van der Waals surface area (Å²) in [5.74, 6) is 5.59. The van der Waals surface area contributed by atoms with Gasteiger partial charge >= 0.3 is 0 Å². The van der Waals surface area contributed by atoms with E-state index in [1.54, 1.807) is 6.92 Å². The molecule has 9 heavy (non-hydrogen) atoms. The average molecular weight is 129 g/mol. The van der Waals surface area contributed by atoms with Gasteiger partial charge in [0.2, 0.25) is 0 Å². The van der Waals surface area contributed by atoms with Crippen LogP contribution in [0.4, 0.5) is 0 Å². The smallest absolute Gasteiger partial charge is 0.112 e. The highest BCUT2D eigenvalue weighted by Crippen LogP contribution is 1.67. The van der Waals surface area contributed by atoms with Crippen LogP contribution in [0, 0.1) is 0 Å². The van der Waals surface area contributed by atoms with Crippen molar-refractivity contribution in [2.45, 2.75) is 20.8 Å². The topological polar surface area (TPSA) is 50.4 Å². The van der Waals surface area contributed by atoms with Gasteiger partial charge in [0.1, 0.15) is 5.84 Å². The summed E-state index contributed by atoms with van der Waals surface area (Å²) in [5.41, 5.74) is 2.34. The van der Waals surface area contributed by atoms with Crippen molar-refractivity contribution in [3.05, 3.63) is 12.8 Å². The summed E-state index contributed by atoms with van der Waals surface area (Å²) in [5, 5.41) is 0. The number of rotatable bonds is 1. The molecule has 0 bridgehead atoms. The quantitative estimate of drug-likeness (QED) is 0.240. The van der Waals surface area contributed by atoms with E-state index in [-0.39, 0.29) is 0 Å². The first-order valence-corrected chi connectivity index (χ1v) is 2.93. The van der Waals surface area contributed by atoms with Crippen LogP contribution in [0.1, 0.15) is 20.8 Å². The lowest BCUT2D eigenvalue weighted by Gasteiger charge is -1.90. The van der Waals surface area contributed by atoms with Gasteiger partial charge in [-0.25, -0.2) is 10.8 Å². The first-order chi connectivity index (χ1) is 4.31. The third kappa shape index (κ3) is 11.0. The second-order valence-electron chi connectivity index (χ2n) is 1.04. The molecule has 54 valence electrons. The molecule has 0 aromatic carbocycles. The van der Waals surface area contributed by atoms with Crippen molar-refractivity contribution in [3.63, 3.8) is 0 Å². The molecule has 0 fully saturated rings. The minimum Gasteiger partial charge on any atom is -0.312 e. The van der Waals surface area contributed by atoms with E-state index in [0.29, 0.717) is 5.84 Å². The van der Waals surface area contributed by atoms with Crippen LogP contribution in [0.3, 0.4) is 0 Å². The SMILES string of the molecule is C=CN=C(C)NN.CC. The molecule has 0 spiro atoms. The molecule has 0 amide bonds. The Morgan fingerprint density at radius 3 is 2.22 bits per heavy atom. The van der Waals surface area contributed by atoms with Gasteiger partial charge in [-0.1, -0.05) is 20.4 Å². The third-order valence-corrected chi connectivity index (χ3v) is 0.494. The Bertz CT molecular complexity index is 86.3. The summed E-state index contributed by atoms with van der Waals surface area (Å²) in [6, 6.07) is 0. The van der Waals surface area contributed by atoms with E-state index in [9.17, 15) is 0 Å². The largest absolute Gasteiger partial charge is 0.312 e. The first-order valence-electron chi connectivity index (χ1n) is 2.93. The Morgan fingerprint density at radius 1 is 1.67 bits per heavy atom. The maximum Gasteiger partial charge on any atom is 0.112 e. The van der Waals surface area contributed by atoms with E-state index >= 15 is 0 Å². The monoisotopic (exact) mass is 129 g/mol. The summed E-state index contributed by atoms with van der Waals surface area (Å²) in [6.45, 7) is 9.12. The van der Waals surface area contributed by atoms with Crippen LogP contribution in [0.5, 0.6) is 0 Å². The zero-order chi connectivity index (χ0) is 7.70. The molecule has 0 unspecified atom stereocenters. The molecule has 0 aliphatic heterocycles. The average Bonchev–Trinajstić information content (AvgIpc) is 1.93. The maximum atomic E-state index is 4.93. The van der Waals surface area contributed by atoms with E-state index in [2.05, 4.69) is 17.0 Å². The van der Waals surface area contributed by atoms with E-state index in [0.717, 1.165) is 0 Å². The zero-order valence-electron chi connectivity index (χ0n) is 6.31. The molecule has 0 radical (unpaired) electrons. The van der Waals surface area contributed by atoms with Crippen molar-refractivity contribution < 1.29 is 0 Å². The highest BCUT2D eigenvalue weighted by Gasteiger charge is 1.73. The Balaban J connectivity index is 0. The normalized spacial score (nSPS) is 9.11. The standard InChI is InChI=1S/C4H9N3.C2H6/c1-3-6-4(2)7-5;1-2/h3H,1,5H2,2H3,(H,6,7);1-2H3. The van der Waals surface area contributed by atoms with Gasteiger partial charge in [0, 0.05) is 6.20 Å². The molecular formula is C6H15N3. The van der Waals surface area contributed by atoms with E-state index in [1.165, 1.54) is 6.20 Å². The summed E-state index contributed by atoms with van der Waals surface area (Å²) in [7, 11) is 0. The maximum absolute atomic E-state index is 4.93. The van der Waals surface area contributed by atoms with Crippen molar-refractivity contribution in [2.24, 2.45) is 10.8 Å². The Morgan fingerprint density at radius 2 is 2.11 bits per heavy atom. The highest BCUT2D eigenvalue weighted by atomic mass is 15.2. The van der Waals surface area contributed by atoms with Crippen LogP contribution in [0.15, 0.2) is 17.8 Å². The fourth-order valence-corrected chi connectivity index (χ4v) is 0.174. The van der Waals surface area contributed by atoms with Crippen LogP contribution in [-0.2, 0) is 0 Å². The molecule has 0 rings (SSSR count). The molecule has 0 saturated carbocycles. The number of amidine groups is 1. The molecule has 0 aromatic heterocycles. The van der Waals surface area contributed by atoms with Crippen molar-refractivity contribution in [2.75, 3.05) is 0 Å². The van der Waals surface area contributed by atoms with Gasteiger partial charge in [0.25, 0.3) is 0 Å². The Kier molecular flexibility index (Phi) is 12.5. The lowest BCUT2D eigenvalue weighted by molar-refractivity contribution is 1.02. The van der Waals surface area contributed by atoms with Gasteiger partial charge in [-0.05, 0) is 6.92 Å². The first kappa shape index (κ1) is 11.0. The van der Waals surface area contributed by atoms with Crippen LogP contribution in [0.25, 0.3) is 0 Å². The van der Waals surface area contributed by atoms with Crippen molar-refractivity contribution in [1.82, 2.24) is 5.43 Å². The van der Waals surface area contributed by atoms with Crippen LogP contribution in [0.2, 0.25) is 0 Å². The Labute approximate surface area is 56.6 Å². The van der Waals surface area contributed by atoms with E-state index < -0.39 is 0 Å². The molecular weight excluding hydrogens is 114 g/mol. The lowest BCUT2D eigenvalue weighted by atomic mass is 10.7. The summed E-state index contributed by atoms with van der Waals surface area (Å²) >= 11 is 0. The molecule has 0 atom stereocenters. The van der Waals surface area contributed by atoms with Crippen LogP contribution in [-0.4, -0.2) is 5.84 Å². The zero-order valence-corrected chi connectivity index (χ0v) is 6.31. The molecule has 3 N–H and O–H groups in total. The second-order valence-corrected chi connectivity index (χ2v) is 1.04. The summed E-state index contributed by atoms with van der Waals surface area (Å²) in [4.78, 5) is 3.69. The molecule has 0 aliphatic carbocycles. The van der Waals surface area contributed by atoms with E-state index in [1.807, 2.05) is 13.8 Å². The van der Waals surface area contributed by atoms with Crippen molar-refractivity contribution in [1.29, 1.82) is 0 Å². The molecule has 3 heteroatoms. The number of nitrogens with two attached hydrogens (primary N) is 1. The van der Waals surface area contributed by atoms with Crippen molar-refractivity contribution >= 4 is 5.84 Å². The highest BCUT2D eigenvalue weighted by molar-refractivity contribution is 5.79. The minimum atomic E-state index is 0.662. The lowest BCUT2D eigenvalue weighted by Crippen LogP contribution is -2.27. The fourth-order valence-electron chi connectivity index (χ4n) is 0.174. The summed E-state index contributed by atoms with van der Waals surface area (Å²) < 4.78 is 0. The van der Waals surface area contributed by atoms with Crippen molar-refractivity contribution in [3.8, 4) is 0 Å². The molecule has 0 aliphatic rings. The second kappa shape index (κ2) is 10.2. The van der Waals surface area contributed by atoms with Gasteiger partial charge < -0.3 is 5.43 Å². The number of hydrogen-bond acceptors (Lipinski definition) is 2. The van der Waals surface area contributed by atoms with Crippen LogP contribution >= 0.6 is 0 Å². The van der Waals surface area contributed by atoms with Gasteiger partial charge in [-0.2, -0.15) is 0 Å². The fraction of sp³-hybridized carbons (Fsp3) is 0.500. The van der Waals surface area contributed by atoms with Gasteiger partial charge in [-0.3, -0.25) is 0 Å². The Hall–Kier alpha value is -0.830. The number of aliphatic imine (C=N–C) groups is 1. The number of nitrogens with one attached hydrogen (secondary N) is 1. The number of nitrogens with zero attached hydrogens (tertiary/aromatic N) is 1. The predicted molar refractivity (Wildman–Crippen MR) is 42.0 cm³/mol. The van der Waals surface area contributed by atoms with E-state index in [4.69, 9.17) is 5.84 Å².